The average molecular weight is 356 g/mol. The summed E-state index contributed by atoms with van der Waals surface area (Å²) < 4.78 is 7.49. The Labute approximate surface area is 148 Å². The van der Waals surface area contributed by atoms with Gasteiger partial charge in [0.15, 0.2) is 10.9 Å². The molecule has 122 valence electrons. The molecular weight excluding hydrogens is 340 g/mol. The highest BCUT2D eigenvalue weighted by atomic mass is 32.2. The van der Waals surface area contributed by atoms with Gasteiger partial charge in [-0.3, -0.25) is 4.79 Å². The quantitative estimate of drug-likeness (QED) is 0.497. The van der Waals surface area contributed by atoms with E-state index in [0.29, 0.717) is 5.75 Å². The fourth-order valence-corrected chi connectivity index (χ4v) is 3.90. The van der Waals surface area contributed by atoms with Crippen LogP contribution in [0.5, 0.6) is 5.75 Å². The number of anilines is 1. The molecule has 2 aromatic carbocycles. The summed E-state index contributed by atoms with van der Waals surface area (Å²) in [4.78, 5) is 16.5. The maximum Gasteiger partial charge on any atom is 0.262 e. The zero-order chi connectivity index (χ0) is 16.8. The maximum absolute atomic E-state index is 12.0. The molecule has 3 rings (SSSR count). The molecule has 6 heteroatoms. The van der Waals surface area contributed by atoms with Crippen molar-refractivity contribution in [3.63, 3.8) is 0 Å². The van der Waals surface area contributed by atoms with E-state index in [4.69, 9.17) is 4.74 Å². The predicted octanol–water partition coefficient (Wildman–Crippen LogP) is 4.59. The fourth-order valence-electron chi connectivity index (χ4n) is 2.04. The van der Waals surface area contributed by atoms with Gasteiger partial charge in [-0.25, -0.2) is 4.98 Å². The Bertz CT molecular complexity index is 847. The normalized spacial score (nSPS) is 10.5. The molecule has 1 heterocycles. The second-order valence-corrected chi connectivity index (χ2v) is 7.21. The number of hydrogen-bond donors (Lipinski definition) is 1. The number of fused-ring (bicyclic) bond motifs is 1. The van der Waals surface area contributed by atoms with E-state index >= 15 is 0 Å². The molecule has 0 aliphatic carbocycles. The third-order valence-electron chi connectivity index (χ3n) is 3.09. The zero-order valence-corrected chi connectivity index (χ0v) is 14.5. The van der Waals surface area contributed by atoms with Crippen molar-refractivity contribution in [1.29, 1.82) is 0 Å². The molecule has 0 aliphatic rings. The number of thioether (sulfide) groups is 1. The summed E-state index contributed by atoms with van der Waals surface area (Å²) in [5.41, 5.74) is 1.68. The van der Waals surface area contributed by atoms with Crippen LogP contribution in [0.1, 0.15) is 0 Å². The van der Waals surface area contributed by atoms with Crippen molar-refractivity contribution >= 4 is 44.9 Å². The van der Waals surface area contributed by atoms with Gasteiger partial charge in [0.05, 0.1) is 10.2 Å². The van der Waals surface area contributed by atoms with Crippen LogP contribution < -0.4 is 10.1 Å². The molecule has 0 saturated carbocycles. The summed E-state index contributed by atoms with van der Waals surface area (Å²) >= 11 is 3.26. The van der Waals surface area contributed by atoms with Crippen LogP contribution in [0.4, 0.5) is 5.69 Å². The van der Waals surface area contributed by atoms with Crippen molar-refractivity contribution in [2.45, 2.75) is 4.34 Å². The minimum Gasteiger partial charge on any atom is -0.484 e. The standard InChI is InChI=1S/C18H16N2O2S2/c1-2-10-23-18-20-15-9-8-13(11-16(15)24-18)19-17(21)12-22-14-6-4-3-5-7-14/h2-9,11H,1,10,12H2,(H,19,21). The minimum atomic E-state index is -0.191. The molecule has 0 unspecified atom stereocenters. The molecule has 1 N–H and O–H groups in total. The zero-order valence-electron chi connectivity index (χ0n) is 12.9. The summed E-state index contributed by atoms with van der Waals surface area (Å²) in [5.74, 6) is 1.32. The second kappa shape index (κ2) is 7.99. The van der Waals surface area contributed by atoms with Gasteiger partial charge in [-0.1, -0.05) is 36.0 Å². The smallest absolute Gasteiger partial charge is 0.262 e. The van der Waals surface area contributed by atoms with E-state index in [-0.39, 0.29) is 12.5 Å². The number of rotatable bonds is 7. The summed E-state index contributed by atoms with van der Waals surface area (Å²) in [6, 6.07) is 15.0. The lowest BCUT2D eigenvalue weighted by Crippen LogP contribution is -2.20. The van der Waals surface area contributed by atoms with Crippen molar-refractivity contribution < 1.29 is 9.53 Å². The summed E-state index contributed by atoms with van der Waals surface area (Å²) in [6.45, 7) is 3.69. The van der Waals surface area contributed by atoms with Gasteiger partial charge in [0.25, 0.3) is 5.91 Å². The Morgan fingerprint density at radius 1 is 1.29 bits per heavy atom. The first-order valence-electron chi connectivity index (χ1n) is 7.36. The summed E-state index contributed by atoms with van der Waals surface area (Å²) in [5, 5.41) is 2.85. The maximum atomic E-state index is 12.0. The Hall–Kier alpha value is -2.31. The molecule has 0 spiro atoms. The molecule has 0 aliphatic heterocycles. The molecule has 24 heavy (non-hydrogen) atoms. The molecule has 0 fully saturated rings. The topological polar surface area (TPSA) is 51.2 Å². The molecule has 1 amide bonds. The number of carbonyl (C=O) groups excluding carboxylic acids is 1. The van der Waals surface area contributed by atoms with Gasteiger partial charge < -0.3 is 10.1 Å². The highest BCUT2D eigenvalue weighted by Gasteiger charge is 2.07. The van der Waals surface area contributed by atoms with Crippen LogP contribution in [0.2, 0.25) is 0 Å². The minimum absolute atomic E-state index is 0.0226. The van der Waals surface area contributed by atoms with Gasteiger partial charge in [-0.05, 0) is 30.3 Å². The van der Waals surface area contributed by atoms with E-state index in [1.54, 1.807) is 23.1 Å². The van der Waals surface area contributed by atoms with Gasteiger partial charge in [-0.15, -0.1) is 17.9 Å². The number of carbonyl (C=O) groups is 1. The SMILES string of the molecule is C=CCSc1nc2ccc(NC(=O)COc3ccccc3)cc2s1. The first kappa shape index (κ1) is 16.5. The molecular formula is C18H16N2O2S2. The average Bonchev–Trinajstić information content (AvgIpc) is 3.01. The van der Waals surface area contributed by atoms with Gasteiger partial charge in [0.1, 0.15) is 5.75 Å². The lowest BCUT2D eigenvalue weighted by Gasteiger charge is -2.07. The second-order valence-electron chi connectivity index (χ2n) is 4.91. The van der Waals surface area contributed by atoms with Gasteiger partial charge in [0, 0.05) is 11.4 Å². The lowest BCUT2D eigenvalue weighted by molar-refractivity contribution is -0.118. The highest BCUT2D eigenvalue weighted by molar-refractivity contribution is 8.01. The van der Waals surface area contributed by atoms with Gasteiger partial charge in [0.2, 0.25) is 0 Å². The Balaban J connectivity index is 1.61. The predicted molar refractivity (Wildman–Crippen MR) is 101 cm³/mol. The largest absolute Gasteiger partial charge is 0.484 e. The first-order chi connectivity index (χ1) is 11.7. The third kappa shape index (κ3) is 4.37. The van der Waals surface area contributed by atoms with Crippen molar-refractivity contribution in [3.8, 4) is 5.75 Å². The van der Waals surface area contributed by atoms with E-state index in [2.05, 4.69) is 16.9 Å². The van der Waals surface area contributed by atoms with Crippen LogP contribution in [-0.4, -0.2) is 23.3 Å². The first-order valence-corrected chi connectivity index (χ1v) is 9.17. The van der Waals surface area contributed by atoms with E-state index in [0.717, 1.165) is 26.0 Å². The van der Waals surface area contributed by atoms with E-state index in [1.807, 2.05) is 54.6 Å². The lowest BCUT2D eigenvalue weighted by atomic mass is 10.3. The number of para-hydroxylation sites is 1. The number of nitrogens with one attached hydrogen (secondary N) is 1. The number of nitrogens with zero attached hydrogens (tertiary/aromatic N) is 1. The van der Waals surface area contributed by atoms with Gasteiger partial charge >= 0.3 is 0 Å². The summed E-state index contributed by atoms with van der Waals surface area (Å²) in [7, 11) is 0. The third-order valence-corrected chi connectivity index (χ3v) is 5.25. The molecule has 1 aromatic heterocycles. The molecule has 4 nitrogen and oxygen atoms in total. The number of benzene rings is 2. The van der Waals surface area contributed by atoms with Crippen molar-refractivity contribution in [3.05, 3.63) is 61.2 Å². The van der Waals surface area contributed by atoms with Crippen molar-refractivity contribution in [2.75, 3.05) is 17.7 Å². The molecule has 3 aromatic rings. The summed E-state index contributed by atoms with van der Waals surface area (Å²) in [6.07, 6.45) is 1.86. The molecule has 0 radical (unpaired) electrons. The Morgan fingerprint density at radius 3 is 2.92 bits per heavy atom. The molecule has 0 atom stereocenters. The van der Waals surface area contributed by atoms with E-state index in [9.17, 15) is 4.79 Å². The fraction of sp³-hybridized carbons (Fsp3) is 0.111. The number of hydrogen-bond acceptors (Lipinski definition) is 5. The number of thiazole rings is 1. The van der Waals surface area contributed by atoms with Gasteiger partial charge in [-0.2, -0.15) is 0 Å². The Morgan fingerprint density at radius 2 is 2.12 bits per heavy atom. The van der Waals surface area contributed by atoms with Crippen molar-refractivity contribution in [2.24, 2.45) is 0 Å². The van der Waals surface area contributed by atoms with E-state index < -0.39 is 0 Å². The Kier molecular flexibility index (Phi) is 5.51. The van der Waals surface area contributed by atoms with Crippen LogP contribution in [0.3, 0.4) is 0 Å². The van der Waals surface area contributed by atoms with Crippen LogP contribution in [0, 0.1) is 0 Å². The highest BCUT2D eigenvalue weighted by Crippen LogP contribution is 2.31. The van der Waals surface area contributed by atoms with E-state index in [1.165, 1.54) is 0 Å². The number of amides is 1. The van der Waals surface area contributed by atoms with Crippen LogP contribution in [0.25, 0.3) is 10.2 Å². The van der Waals surface area contributed by atoms with Crippen molar-refractivity contribution in [1.82, 2.24) is 4.98 Å². The molecule has 0 saturated heterocycles. The number of ether oxygens (including phenoxy) is 1. The number of aromatic nitrogens is 1. The van der Waals surface area contributed by atoms with Crippen LogP contribution >= 0.6 is 23.1 Å². The molecule has 0 bridgehead atoms. The van der Waals surface area contributed by atoms with Crippen LogP contribution in [0.15, 0.2) is 65.5 Å². The monoisotopic (exact) mass is 356 g/mol. The van der Waals surface area contributed by atoms with Crippen LogP contribution in [-0.2, 0) is 4.79 Å².